The number of benzene rings is 1. The highest BCUT2D eigenvalue weighted by Crippen LogP contribution is 2.20. The third kappa shape index (κ3) is 5.19. The number of carbonyl (C=O) groups excluding carboxylic acids is 1. The van der Waals surface area contributed by atoms with Crippen LogP contribution >= 0.6 is 0 Å². The lowest BCUT2D eigenvalue weighted by molar-refractivity contribution is 0.152. The zero-order chi connectivity index (χ0) is 18.4. The molecule has 0 bridgehead atoms. The number of hydrogen-bond acceptors (Lipinski definition) is 4. The van der Waals surface area contributed by atoms with Gasteiger partial charge in [-0.2, -0.15) is 5.10 Å². The van der Waals surface area contributed by atoms with Crippen LogP contribution in [-0.2, 0) is 13.0 Å². The number of H-pyrrole nitrogens is 2. The van der Waals surface area contributed by atoms with E-state index in [-0.39, 0.29) is 11.7 Å². The van der Waals surface area contributed by atoms with Crippen LogP contribution in [0.15, 0.2) is 29.1 Å². The van der Waals surface area contributed by atoms with Gasteiger partial charge in [0.25, 0.3) is 0 Å². The molecule has 1 aliphatic rings. The Kier molecular flexibility index (Phi) is 6.06. The van der Waals surface area contributed by atoms with Crippen molar-refractivity contribution in [2.45, 2.75) is 45.2 Å². The molecule has 8 nitrogen and oxygen atoms in total. The van der Waals surface area contributed by atoms with Gasteiger partial charge in [-0.1, -0.05) is 18.6 Å². The van der Waals surface area contributed by atoms with Gasteiger partial charge in [-0.15, -0.1) is 0 Å². The highest BCUT2D eigenvalue weighted by atomic mass is 16.2. The molecule has 1 atom stereocenters. The van der Waals surface area contributed by atoms with Gasteiger partial charge >= 0.3 is 11.7 Å². The fourth-order valence-electron chi connectivity index (χ4n) is 3.27. The topological polar surface area (TPSA) is 106 Å². The van der Waals surface area contributed by atoms with Crippen molar-refractivity contribution in [2.24, 2.45) is 0 Å². The van der Waals surface area contributed by atoms with Gasteiger partial charge < -0.3 is 10.6 Å². The molecule has 1 unspecified atom stereocenters. The standard InChI is InChI=1S/C18H26N6O2/c1-13-5-2-3-10-24(13)12-14-6-4-7-15(11-14)20-17(25)19-9-8-16-21-18(26)23-22-16/h4,6-7,11,13H,2-3,5,8-10,12H2,1H3,(H2,19,20,25)(H2,21,22,23,26). The predicted molar refractivity (Wildman–Crippen MR) is 100 cm³/mol. The number of aromatic nitrogens is 3. The van der Waals surface area contributed by atoms with E-state index >= 15 is 0 Å². The lowest BCUT2D eigenvalue weighted by atomic mass is 10.0. The molecule has 140 valence electrons. The Morgan fingerprint density at radius 1 is 1.38 bits per heavy atom. The first-order chi connectivity index (χ1) is 12.6. The van der Waals surface area contributed by atoms with Crippen LogP contribution in [0.4, 0.5) is 10.5 Å². The summed E-state index contributed by atoms with van der Waals surface area (Å²) in [6.07, 6.45) is 4.28. The van der Waals surface area contributed by atoms with Gasteiger partial charge in [0.05, 0.1) is 0 Å². The van der Waals surface area contributed by atoms with Crippen LogP contribution in [0.2, 0.25) is 0 Å². The average molecular weight is 358 g/mol. The largest absolute Gasteiger partial charge is 0.340 e. The van der Waals surface area contributed by atoms with Crippen LogP contribution < -0.4 is 16.3 Å². The van der Waals surface area contributed by atoms with E-state index in [9.17, 15) is 9.59 Å². The molecule has 2 amide bonds. The summed E-state index contributed by atoms with van der Waals surface area (Å²) in [6.45, 7) is 4.71. The molecule has 1 aliphatic heterocycles. The number of anilines is 1. The molecule has 26 heavy (non-hydrogen) atoms. The lowest BCUT2D eigenvalue weighted by Crippen LogP contribution is -2.36. The molecule has 0 saturated carbocycles. The summed E-state index contributed by atoms with van der Waals surface area (Å²) in [5.41, 5.74) is 1.63. The van der Waals surface area contributed by atoms with Crippen molar-refractivity contribution >= 4 is 11.7 Å². The normalized spacial score (nSPS) is 17.8. The van der Waals surface area contributed by atoms with Crippen LogP contribution in [0.1, 0.15) is 37.6 Å². The molecule has 0 aliphatic carbocycles. The van der Waals surface area contributed by atoms with E-state index in [1.54, 1.807) is 0 Å². The Morgan fingerprint density at radius 2 is 2.27 bits per heavy atom. The van der Waals surface area contributed by atoms with Crippen molar-refractivity contribution in [1.29, 1.82) is 0 Å². The van der Waals surface area contributed by atoms with Gasteiger partial charge in [-0.25, -0.2) is 14.7 Å². The maximum Gasteiger partial charge on any atom is 0.340 e. The molecule has 0 spiro atoms. The van der Waals surface area contributed by atoms with E-state index in [2.05, 4.69) is 43.7 Å². The maximum absolute atomic E-state index is 12.0. The van der Waals surface area contributed by atoms with Gasteiger partial charge in [0.1, 0.15) is 5.82 Å². The van der Waals surface area contributed by atoms with Crippen molar-refractivity contribution < 1.29 is 4.79 Å². The van der Waals surface area contributed by atoms with Crippen molar-refractivity contribution in [3.8, 4) is 0 Å². The Labute approximate surface area is 152 Å². The molecule has 4 N–H and O–H groups in total. The molecular formula is C18H26N6O2. The highest BCUT2D eigenvalue weighted by Gasteiger charge is 2.18. The van der Waals surface area contributed by atoms with Crippen LogP contribution in [0, 0.1) is 0 Å². The first kappa shape index (κ1) is 18.2. The molecule has 1 aromatic heterocycles. The number of carbonyl (C=O) groups is 1. The highest BCUT2D eigenvalue weighted by molar-refractivity contribution is 5.89. The smallest absolute Gasteiger partial charge is 0.337 e. The van der Waals surface area contributed by atoms with Crippen LogP contribution in [0.5, 0.6) is 0 Å². The second-order valence-electron chi connectivity index (χ2n) is 6.77. The van der Waals surface area contributed by atoms with E-state index in [1.165, 1.54) is 24.8 Å². The average Bonchev–Trinajstić information content (AvgIpc) is 3.02. The fourth-order valence-corrected chi connectivity index (χ4v) is 3.27. The molecule has 2 heterocycles. The van der Waals surface area contributed by atoms with Crippen LogP contribution in [0.25, 0.3) is 0 Å². The van der Waals surface area contributed by atoms with Gasteiger partial charge in [0, 0.05) is 31.2 Å². The van der Waals surface area contributed by atoms with E-state index < -0.39 is 0 Å². The molecule has 0 radical (unpaired) electrons. The zero-order valence-corrected chi connectivity index (χ0v) is 15.0. The van der Waals surface area contributed by atoms with E-state index in [1.807, 2.05) is 18.2 Å². The predicted octanol–water partition coefficient (Wildman–Crippen LogP) is 1.84. The number of piperidine rings is 1. The minimum Gasteiger partial charge on any atom is -0.337 e. The number of nitrogens with zero attached hydrogens (tertiary/aromatic N) is 2. The zero-order valence-electron chi connectivity index (χ0n) is 15.0. The quantitative estimate of drug-likeness (QED) is 0.632. The molecule has 8 heteroatoms. The molecule has 1 saturated heterocycles. The van der Waals surface area contributed by atoms with E-state index in [0.29, 0.717) is 24.8 Å². The molecule has 1 fully saturated rings. The minimum atomic E-state index is -0.343. The summed E-state index contributed by atoms with van der Waals surface area (Å²) >= 11 is 0. The molecule has 1 aromatic carbocycles. The summed E-state index contributed by atoms with van der Waals surface area (Å²) in [5, 5.41) is 11.7. The van der Waals surface area contributed by atoms with Crippen molar-refractivity contribution in [3.05, 3.63) is 46.1 Å². The van der Waals surface area contributed by atoms with Gasteiger partial charge in [0.2, 0.25) is 0 Å². The van der Waals surface area contributed by atoms with Crippen LogP contribution in [0.3, 0.4) is 0 Å². The van der Waals surface area contributed by atoms with Crippen molar-refractivity contribution in [2.75, 3.05) is 18.4 Å². The molecule has 2 aromatic rings. The number of hydrogen-bond donors (Lipinski definition) is 4. The van der Waals surface area contributed by atoms with Gasteiger partial charge in [0.15, 0.2) is 0 Å². The summed E-state index contributed by atoms with van der Waals surface area (Å²) in [5.74, 6) is 0.521. The molecular weight excluding hydrogens is 332 g/mol. The number of nitrogens with one attached hydrogen (secondary N) is 4. The third-order valence-electron chi connectivity index (χ3n) is 4.71. The number of likely N-dealkylation sites (tertiary alicyclic amines) is 1. The first-order valence-electron chi connectivity index (χ1n) is 9.11. The Hall–Kier alpha value is -2.61. The summed E-state index contributed by atoms with van der Waals surface area (Å²) in [4.78, 5) is 28.0. The first-order valence-corrected chi connectivity index (χ1v) is 9.11. The second-order valence-corrected chi connectivity index (χ2v) is 6.77. The molecule has 3 rings (SSSR count). The monoisotopic (exact) mass is 358 g/mol. The summed E-state index contributed by atoms with van der Waals surface area (Å²) < 4.78 is 0. The summed E-state index contributed by atoms with van der Waals surface area (Å²) in [7, 11) is 0. The SMILES string of the molecule is CC1CCCCN1Cc1cccc(NC(=O)NCCc2n[nH]c(=O)[nH]2)c1. The number of urea groups is 1. The fraction of sp³-hybridized carbons (Fsp3) is 0.500. The maximum atomic E-state index is 12.0. The number of aromatic amines is 2. The van der Waals surface area contributed by atoms with E-state index in [0.717, 1.165) is 18.8 Å². The van der Waals surface area contributed by atoms with Crippen molar-refractivity contribution in [3.63, 3.8) is 0 Å². The van der Waals surface area contributed by atoms with E-state index in [4.69, 9.17) is 0 Å². The van der Waals surface area contributed by atoms with Crippen LogP contribution in [-0.4, -0.2) is 45.2 Å². The lowest BCUT2D eigenvalue weighted by Gasteiger charge is -2.33. The third-order valence-corrected chi connectivity index (χ3v) is 4.71. The van der Waals surface area contributed by atoms with Gasteiger partial charge in [-0.05, 0) is 44.0 Å². The van der Waals surface area contributed by atoms with Crippen molar-refractivity contribution in [1.82, 2.24) is 25.4 Å². The van der Waals surface area contributed by atoms with Gasteiger partial charge in [-0.3, -0.25) is 9.88 Å². The summed E-state index contributed by atoms with van der Waals surface area (Å²) in [6, 6.07) is 8.30. The Morgan fingerprint density at radius 3 is 3.04 bits per heavy atom. The second kappa shape index (κ2) is 8.66. The Bertz CT molecular complexity index is 784. The minimum absolute atomic E-state index is 0.272. The number of amides is 2. The number of rotatable bonds is 6. The Balaban J connectivity index is 1.48.